The SMILES string of the molecule is COc1ccc(Br)cc1CC(=O)CCSC. The summed E-state index contributed by atoms with van der Waals surface area (Å²) in [6.07, 6.45) is 3.08. The number of hydrogen-bond acceptors (Lipinski definition) is 3. The van der Waals surface area contributed by atoms with Crippen LogP contribution in [0.25, 0.3) is 0 Å². The molecule has 1 rings (SSSR count). The van der Waals surface area contributed by atoms with E-state index in [2.05, 4.69) is 15.9 Å². The predicted molar refractivity (Wildman–Crippen MR) is 72.4 cm³/mol. The zero-order valence-corrected chi connectivity index (χ0v) is 11.9. The van der Waals surface area contributed by atoms with Crippen LogP contribution in [0, 0.1) is 0 Å². The fourth-order valence-corrected chi connectivity index (χ4v) is 2.24. The number of benzene rings is 1. The highest BCUT2D eigenvalue weighted by Crippen LogP contribution is 2.23. The molecule has 0 aliphatic heterocycles. The summed E-state index contributed by atoms with van der Waals surface area (Å²) in [7, 11) is 1.62. The molecule has 0 aliphatic rings. The Morgan fingerprint density at radius 3 is 2.88 bits per heavy atom. The molecule has 0 heterocycles. The molecular formula is C12H15BrO2S. The van der Waals surface area contributed by atoms with E-state index in [1.807, 2.05) is 24.5 Å². The molecule has 0 unspecified atom stereocenters. The highest BCUT2D eigenvalue weighted by atomic mass is 79.9. The van der Waals surface area contributed by atoms with Gasteiger partial charge in [0.1, 0.15) is 11.5 Å². The minimum atomic E-state index is 0.255. The number of hydrogen-bond donors (Lipinski definition) is 0. The zero-order valence-electron chi connectivity index (χ0n) is 9.46. The molecule has 88 valence electrons. The smallest absolute Gasteiger partial charge is 0.138 e. The summed E-state index contributed by atoms with van der Waals surface area (Å²) in [5.74, 6) is 1.92. The lowest BCUT2D eigenvalue weighted by Crippen LogP contribution is -2.05. The van der Waals surface area contributed by atoms with Gasteiger partial charge in [-0.25, -0.2) is 0 Å². The molecule has 0 radical (unpaired) electrons. The fourth-order valence-electron chi connectivity index (χ4n) is 1.40. The molecule has 16 heavy (non-hydrogen) atoms. The lowest BCUT2D eigenvalue weighted by Gasteiger charge is -2.08. The maximum Gasteiger partial charge on any atom is 0.138 e. The second-order valence-corrected chi connectivity index (χ2v) is 5.32. The third-order valence-corrected chi connectivity index (χ3v) is 3.32. The molecule has 0 saturated heterocycles. The highest BCUT2D eigenvalue weighted by Gasteiger charge is 2.09. The maximum absolute atomic E-state index is 11.7. The van der Waals surface area contributed by atoms with Crippen LogP contribution in [0.4, 0.5) is 0 Å². The minimum absolute atomic E-state index is 0.255. The number of carbonyl (C=O) groups is 1. The van der Waals surface area contributed by atoms with Gasteiger partial charge in [-0.05, 0) is 30.2 Å². The Morgan fingerprint density at radius 1 is 1.50 bits per heavy atom. The van der Waals surface area contributed by atoms with Crippen LogP contribution in [0.5, 0.6) is 5.75 Å². The van der Waals surface area contributed by atoms with E-state index in [4.69, 9.17) is 4.74 Å². The molecule has 0 saturated carbocycles. The number of halogens is 1. The molecule has 0 N–H and O–H groups in total. The molecule has 0 amide bonds. The van der Waals surface area contributed by atoms with Crippen LogP contribution in [-0.4, -0.2) is 24.9 Å². The topological polar surface area (TPSA) is 26.3 Å². The van der Waals surface area contributed by atoms with Crippen LogP contribution >= 0.6 is 27.7 Å². The van der Waals surface area contributed by atoms with Gasteiger partial charge in [-0.2, -0.15) is 11.8 Å². The van der Waals surface area contributed by atoms with Crippen molar-refractivity contribution in [2.75, 3.05) is 19.1 Å². The Hall–Kier alpha value is -0.480. The van der Waals surface area contributed by atoms with Crippen molar-refractivity contribution in [3.05, 3.63) is 28.2 Å². The van der Waals surface area contributed by atoms with E-state index in [9.17, 15) is 4.79 Å². The number of carbonyl (C=O) groups excluding carboxylic acids is 1. The summed E-state index contributed by atoms with van der Waals surface area (Å²) >= 11 is 5.09. The number of ketones is 1. The summed E-state index contributed by atoms with van der Waals surface area (Å²) in [5.41, 5.74) is 0.947. The molecule has 1 aromatic carbocycles. The summed E-state index contributed by atoms with van der Waals surface area (Å²) in [6.45, 7) is 0. The van der Waals surface area contributed by atoms with E-state index in [0.29, 0.717) is 12.8 Å². The molecule has 0 fully saturated rings. The van der Waals surface area contributed by atoms with Crippen LogP contribution < -0.4 is 4.74 Å². The number of ether oxygens (including phenoxy) is 1. The fraction of sp³-hybridized carbons (Fsp3) is 0.417. The van der Waals surface area contributed by atoms with Gasteiger partial charge in [-0.3, -0.25) is 4.79 Å². The maximum atomic E-state index is 11.7. The van der Waals surface area contributed by atoms with Crippen molar-refractivity contribution >= 4 is 33.5 Å². The van der Waals surface area contributed by atoms with Crippen molar-refractivity contribution in [3.8, 4) is 5.75 Å². The summed E-state index contributed by atoms with van der Waals surface area (Å²) in [5, 5.41) is 0. The molecule has 2 nitrogen and oxygen atoms in total. The number of methoxy groups -OCH3 is 1. The Morgan fingerprint density at radius 2 is 2.25 bits per heavy atom. The predicted octanol–water partition coefficient (Wildman–Crippen LogP) is 3.32. The van der Waals surface area contributed by atoms with E-state index < -0.39 is 0 Å². The standard InChI is InChI=1S/C12H15BrO2S/c1-15-12-4-3-10(13)7-9(12)8-11(14)5-6-16-2/h3-4,7H,5-6,8H2,1-2H3. The first-order valence-corrected chi connectivity index (χ1v) is 7.19. The van der Waals surface area contributed by atoms with Crippen molar-refractivity contribution in [2.24, 2.45) is 0 Å². The van der Waals surface area contributed by atoms with Gasteiger partial charge in [0.05, 0.1) is 7.11 Å². The summed E-state index contributed by atoms with van der Waals surface area (Å²) in [6, 6.07) is 5.73. The third kappa shape index (κ3) is 4.18. The van der Waals surface area contributed by atoms with Gasteiger partial charge >= 0.3 is 0 Å². The van der Waals surface area contributed by atoms with E-state index >= 15 is 0 Å². The van der Waals surface area contributed by atoms with Gasteiger partial charge in [0.15, 0.2) is 0 Å². The molecule has 0 bridgehead atoms. The quantitative estimate of drug-likeness (QED) is 0.806. The Labute approximate surface area is 109 Å². The molecule has 0 spiro atoms. The van der Waals surface area contributed by atoms with Crippen LogP contribution in [0.3, 0.4) is 0 Å². The second-order valence-electron chi connectivity index (χ2n) is 3.41. The second kappa shape index (κ2) is 6.97. The number of thioether (sulfide) groups is 1. The van der Waals surface area contributed by atoms with E-state index in [1.165, 1.54) is 0 Å². The normalized spacial score (nSPS) is 10.2. The monoisotopic (exact) mass is 302 g/mol. The zero-order chi connectivity index (χ0) is 12.0. The van der Waals surface area contributed by atoms with E-state index in [1.54, 1.807) is 18.9 Å². The van der Waals surface area contributed by atoms with Crippen LogP contribution in [0.1, 0.15) is 12.0 Å². The molecule has 1 aromatic rings. The van der Waals surface area contributed by atoms with Crippen LogP contribution in [0.15, 0.2) is 22.7 Å². The summed E-state index contributed by atoms with van der Waals surface area (Å²) < 4.78 is 6.20. The van der Waals surface area contributed by atoms with Crippen molar-refractivity contribution < 1.29 is 9.53 Å². The van der Waals surface area contributed by atoms with E-state index in [0.717, 1.165) is 21.5 Å². The van der Waals surface area contributed by atoms with Crippen molar-refractivity contribution in [3.63, 3.8) is 0 Å². The van der Waals surface area contributed by atoms with Gasteiger partial charge in [-0.15, -0.1) is 0 Å². The largest absolute Gasteiger partial charge is 0.496 e. The average Bonchev–Trinajstić information content (AvgIpc) is 2.27. The average molecular weight is 303 g/mol. The van der Waals surface area contributed by atoms with Gasteiger partial charge in [0.25, 0.3) is 0 Å². The van der Waals surface area contributed by atoms with Crippen molar-refractivity contribution in [2.45, 2.75) is 12.8 Å². The first-order valence-electron chi connectivity index (χ1n) is 5.00. The van der Waals surface area contributed by atoms with Crippen LogP contribution in [0.2, 0.25) is 0 Å². The lowest BCUT2D eigenvalue weighted by atomic mass is 10.1. The molecule has 0 aromatic heterocycles. The van der Waals surface area contributed by atoms with Crippen molar-refractivity contribution in [1.82, 2.24) is 0 Å². The Balaban J connectivity index is 2.71. The molecule has 0 aliphatic carbocycles. The molecule has 4 heteroatoms. The lowest BCUT2D eigenvalue weighted by molar-refractivity contribution is -0.118. The van der Waals surface area contributed by atoms with E-state index in [-0.39, 0.29) is 5.78 Å². The first-order chi connectivity index (χ1) is 7.67. The van der Waals surface area contributed by atoms with Crippen LogP contribution in [-0.2, 0) is 11.2 Å². The Kier molecular flexibility index (Phi) is 5.91. The highest BCUT2D eigenvalue weighted by molar-refractivity contribution is 9.10. The van der Waals surface area contributed by atoms with Gasteiger partial charge in [0.2, 0.25) is 0 Å². The number of Topliss-reactive ketones (excluding diaryl/α,β-unsaturated/α-hetero) is 1. The third-order valence-electron chi connectivity index (χ3n) is 2.22. The van der Waals surface area contributed by atoms with Crippen molar-refractivity contribution in [1.29, 1.82) is 0 Å². The van der Waals surface area contributed by atoms with Gasteiger partial charge in [-0.1, -0.05) is 15.9 Å². The summed E-state index contributed by atoms with van der Waals surface area (Å²) in [4.78, 5) is 11.7. The van der Waals surface area contributed by atoms with Gasteiger partial charge < -0.3 is 4.74 Å². The molecular weight excluding hydrogens is 288 g/mol. The Bertz CT molecular complexity index is 366. The minimum Gasteiger partial charge on any atom is -0.496 e. The first kappa shape index (κ1) is 13.6. The van der Waals surface area contributed by atoms with Gasteiger partial charge in [0, 0.05) is 22.9 Å². The number of rotatable bonds is 6. The molecule has 0 atom stereocenters.